The Labute approximate surface area is 125 Å². The van der Waals surface area contributed by atoms with Gasteiger partial charge in [0.15, 0.2) is 0 Å². The first kappa shape index (κ1) is 14.8. The molecule has 19 heavy (non-hydrogen) atoms. The highest BCUT2D eigenvalue weighted by atomic mass is 79.9. The highest BCUT2D eigenvalue weighted by Gasteiger charge is 2.21. The zero-order valence-electron chi connectivity index (χ0n) is 10.5. The highest BCUT2D eigenvalue weighted by molar-refractivity contribution is 9.09. The lowest BCUT2D eigenvalue weighted by Gasteiger charge is -2.25. The maximum Gasteiger partial charge on any atom is 0.252 e. The summed E-state index contributed by atoms with van der Waals surface area (Å²) in [7, 11) is 0. The van der Waals surface area contributed by atoms with Crippen LogP contribution in [0.1, 0.15) is 36.0 Å². The minimum Gasteiger partial charge on any atom is -0.352 e. The molecule has 0 aliphatic heterocycles. The van der Waals surface area contributed by atoms with Gasteiger partial charge in [0, 0.05) is 11.4 Å². The van der Waals surface area contributed by atoms with E-state index in [-0.39, 0.29) is 16.5 Å². The van der Waals surface area contributed by atoms with Crippen molar-refractivity contribution >= 4 is 33.4 Å². The molecule has 1 amide bonds. The van der Waals surface area contributed by atoms with Gasteiger partial charge in [-0.15, -0.1) is 0 Å². The largest absolute Gasteiger partial charge is 0.352 e. The van der Waals surface area contributed by atoms with Gasteiger partial charge < -0.3 is 5.32 Å². The second-order valence-corrected chi connectivity index (χ2v) is 6.61. The van der Waals surface area contributed by atoms with Crippen LogP contribution in [-0.4, -0.2) is 17.3 Å². The number of nitrogens with one attached hydrogen (secondary N) is 1. The predicted molar refractivity (Wildman–Crippen MR) is 78.4 cm³/mol. The van der Waals surface area contributed by atoms with Crippen molar-refractivity contribution in [2.75, 3.05) is 6.54 Å². The van der Waals surface area contributed by atoms with E-state index in [1.807, 2.05) is 0 Å². The van der Waals surface area contributed by atoms with E-state index >= 15 is 0 Å². The molecule has 1 aromatic carbocycles. The molecule has 1 aromatic rings. The SMILES string of the molecule is O=C(NCC1CCCC(Br)C1)c1cccc(F)c1Cl. The van der Waals surface area contributed by atoms with Gasteiger partial charge in [-0.2, -0.15) is 0 Å². The topological polar surface area (TPSA) is 29.1 Å². The van der Waals surface area contributed by atoms with E-state index in [9.17, 15) is 9.18 Å². The fourth-order valence-electron chi connectivity index (χ4n) is 2.42. The highest BCUT2D eigenvalue weighted by Crippen LogP contribution is 2.28. The molecular weight excluding hydrogens is 333 g/mol. The van der Waals surface area contributed by atoms with Gasteiger partial charge in [0.05, 0.1) is 10.6 Å². The molecule has 0 radical (unpaired) electrons. The predicted octanol–water partition coefficient (Wildman–Crippen LogP) is 4.16. The minimum atomic E-state index is -0.562. The van der Waals surface area contributed by atoms with E-state index in [2.05, 4.69) is 21.2 Å². The molecule has 0 saturated heterocycles. The smallest absolute Gasteiger partial charge is 0.252 e. The molecule has 0 bridgehead atoms. The Hall–Kier alpha value is -0.610. The summed E-state index contributed by atoms with van der Waals surface area (Å²) in [6, 6.07) is 4.27. The van der Waals surface area contributed by atoms with Gasteiger partial charge in [-0.1, -0.05) is 40.0 Å². The van der Waals surface area contributed by atoms with Crippen molar-refractivity contribution in [3.8, 4) is 0 Å². The number of rotatable bonds is 3. The molecule has 0 spiro atoms. The Morgan fingerprint density at radius 2 is 2.26 bits per heavy atom. The molecule has 2 atom stereocenters. The monoisotopic (exact) mass is 347 g/mol. The first-order valence-electron chi connectivity index (χ1n) is 6.44. The molecule has 0 heterocycles. The van der Waals surface area contributed by atoms with Crippen LogP contribution in [0.3, 0.4) is 0 Å². The molecule has 2 nitrogen and oxygen atoms in total. The maximum atomic E-state index is 13.3. The van der Waals surface area contributed by atoms with Crippen LogP contribution in [0.5, 0.6) is 0 Å². The van der Waals surface area contributed by atoms with Crippen LogP contribution in [0.15, 0.2) is 18.2 Å². The molecule has 0 aromatic heterocycles. The molecule has 1 fully saturated rings. The van der Waals surface area contributed by atoms with Crippen LogP contribution in [0.4, 0.5) is 4.39 Å². The lowest BCUT2D eigenvalue weighted by molar-refractivity contribution is 0.0943. The summed E-state index contributed by atoms with van der Waals surface area (Å²) in [6.07, 6.45) is 4.56. The summed E-state index contributed by atoms with van der Waals surface area (Å²) in [5, 5.41) is 2.74. The Kier molecular flexibility index (Phi) is 5.22. The van der Waals surface area contributed by atoms with Crippen LogP contribution in [0.25, 0.3) is 0 Å². The van der Waals surface area contributed by atoms with E-state index in [1.165, 1.54) is 31.0 Å². The lowest BCUT2D eigenvalue weighted by atomic mass is 9.89. The van der Waals surface area contributed by atoms with Crippen molar-refractivity contribution in [2.45, 2.75) is 30.5 Å². The lowest BCUT2D eigenvalue weighted by Crippen LogP contribution is -2.32. The van der Waals surface area contributed by atoms with Gasteiger partial charge in [0.25, 0.3) is 5.91 Å². The van der Waals surface area contributed by atoms with E-state index in [0.29, 0.717) is 17.3 Å². The average molecular weight is 349 g/mol. The summed E-state index contributed by atoms with van der Waals surface area (Å²) in [5.74, 6) is -0.386. The Balaban J connectivity index is 1.92. The molecule has 2 rings (SSSR count). The quantitative estimate of drug-likeness (QED) is 0.816. The first-order valence-corrected chi connectivity index (χ1v) is 7.73. The first-order chi connectivity index (χ1) is 9.08. The number of carbonyl (C=O) groups excluding carboxylic acids is 1. The zero-order valence-corrected chi connectivity index (χ0v) is 12.8. The molecule has 2 unspecified atom stereocenters. The molecule has 1 aliphatic carbocycles. The Morgan fingerprint density at radius 3 is 3.00 bits per heavy atom. The van der Waals surface area contributed by atoms with Gasteiger partial charge in [-0.25, -0.2) is 4.39 Å². The third-order valence-electron chi connectivity index (χ3n) is 3.47. The van der Waals surface area contributed by atoms with Crippen LogP contribution < -0.4 is 5.32 Å². The van der Waals surface area contributed by atoms with Crippen LogP contribution in [0, 0.1) is 11.7 Å². The van der Waals surface area contributed by atoms with Crippen molar-refractivity contribution < 1.29 is 9.18 Å². The van der Waals surface area contributed by atoms with Crippen molar-refractivity contribution in [1.82, 2.24) is 5.32 Å². The Morgan fingerprint density at radius 1 is 1.47 bits per heavy atom. The van der Waals surface area contributed by atoms with Crippen molar-refractivity contribution in [3.05, 3.63) is 34.6 Å². The summed E-state index contributed by atoms with van der Waals surface area (Å²) in [6.45, 7) is 0.619. The summed E-state index contributed by atoms with van der Waals surface area (Å²) in [5.41, 5.74) is 0.202. The van der Waals surface area contributed by atoms with Gasteiger partial charge in [-0.3, -0.25) is 4.79 Å². The van der Waals surface area contributed by atoms with Gasteiger partial charge in [-0.05, 0) is 37.3 Å². The molecular formula is C14H16BrClFNO. The molecule has 1 saturated carbocycles. The Bertz CT molecular complexity index is 469. The van der Waals surface area contributed by atoms with Crippen molar-refractivity contribution in [1.29, 1.82) is 0 Å². The van der Waals surface area contributed by atoms with Crippen LogP contribution in [-0.2, 0) is 0 Å². The third kappa shape index (κ3) is 3.93. The average Bonchev–Trinajstić information content (AvgIpc) is 2.39. The van der Waals surface area contributed by atoms with Crippen molar-refractivity contribution in [3.63, 3.8) is 0 Å². The maximum absolute atomic E-state index is 13.3. The minimum absolute atomic E-state index is 0.109. The number of hydrogen-bond donors (Lipinski definition) is 1. The summed E-state index contributed by atoms with van der Waals surface area (Å²) < 4.78 is 13.3. The molecule has 1 aliphatic rings. The fraction of sp³-hybridized carbons (Fsp3) is 0.500. The molecule has 104 valence electrons. The van der Waals surface area contributed by atoms with Gasteiger partial charge in [0.1, 0.15) is 5.82 Å². The standard InChI is InChI=1S/C14H16BrClFNO/c15-10-4-1-3-9(7-10)8-18-14(19)11-5-2-6-12(17)13(11)16/h2,5-6,9-10H,1,3-4,7-8H2,(H,18,19). The number of benzene rings is 1. The molecule has 1 N–H and O–H groups in total. The third-order valence-corrected chi connectivity index (χ3v) is 4.68. The van der Waals surface area contributed by atoms with Crippen LogP contribution >= 0.6 is 27.5 Å². The zero-order chi connectivity index (χ0) is 13.8. The van der Waals surface area contributed by atoms with E-state index < -0.39 is 5.82 Å². The normalized spacial score (nSPS) is 23.1. The van der Waals surface area contributed by atoms with Gasteiger partial charge in [0.2, 0.25) is 0 Å². The number of halogens is 3. The number of amides is 1. The molecule has 5 heteroatoms. The van der Waals surface area contributed by atoms with E-state index in [4.69, 9.17) is 11.6 Å². The van der Waals surface area contributed by atoms with Crippen LogP contribution in [0.2, 0.25) is 5.02 Å². The fourth-order valence-corrected chi connectivity index (χ4v) is 3.49. The van der Waals surface area contributed by atoms with Crippen molar-refractivity contribution in [2.24, 2.45) is 5.92 Å². The number of alkyl halides is 1. The second-order valence-electron chi connectivity index (χ2n) is 4.94. The second kappa shape index (κ2) is 6.71. The number of carbonyl (C=O) groups is 1. The van der Waals surface area contributed by atoms with E-state index in [0.717, 1.165) is 12.8 Å². The summed E-state index contributed by atoms with van der Waals surface area (Å²) in [4.78, 5) is 12.5. The number of hydrogen-bond acceptors (Lipinski definition) is 1. The van der Waals surface area contributed by atoms with Gasteiger partial charge >= 0.3 is 0 Å². The van der Waals surface area contributed by atoms with E-state index in [1.54, 1.807) is 0 Å². The summed E-state index contributed by atoms with van der Waals surface area (Å²) >= 11 is 9.41.